The molecule has 1 saturated heterocycles. The molecule has 3 aromatic carbocycles. The minimum atomic E-state index is 0.165. The second-order valence-electron chi connectivity index (χ2n) is 8.61. The Morgan fingerprint density at radius 1 is 0.743 bits per heavy atom. The van der Waals surface area contributed by atoms with E-state index in [4.69, 9.17) is 4.74 Å². The van der Waals surface area contributed by atoms with Crippen LogP contribution in [-0.2, 0) is 11.2 Å². The fourth-order valence-electron chi connectivity index (χ4n) is 4.33. The third kappa shape index (κ3) is 5.32. The minimum Gasteiger partial charge on any atom is -0.497 e. The van der Waals surface area contributed by atoms with Crippen LogP contribution < -0.4 is 9.64 Å². The summed E-state index contributed by atoms with van der Waals surface area (Å²) in [7, 11) is 1.65. The number of amides is 1. The summed E-state index contributed by atoms with van der Waals surface area (Å²) in [6.45, 7) is 2.86. The van der Waals surface area contributed by atoms with Gasteiger partial charge in [0.1, 0.15) is 5.75 Å². The molecule has 0 bridgehead atoms. The maximum Gasteiger partial charge on any atom is 0.227 e. The number of methoxy groups -OCH3 is 1. The third-order valence-electron chi connectivity index (χ3n) is 6.41. The number of rotatable bonds is 6. The van der Waals surface area contributed by atoms with Crippen molar-refractivity contribution >= 4 is 11.7 Å². The lowest BCUT2D eigenvalue weighted by Crippen LogP contribution is -2.49. The second-order valence-corrected chi connectivity index (χ2v) is 8.61. The van der Waals surface area contributed by atoms with Crippen LogP contribution in [0, 0.1) is 0 Å². The molecule has 1 fully saturated rings. The number of nitrogens with zero attached hydrogens (tertiary/aromatic N) is 4. The van der Waals surface area contributed by atoms with Gasteiger partial charge in [0.15, 0.2) is 5.82 Å². The average Bonchev–Trinajstić information content (AvgIpc) is 2.94. The summed E-state index contributed by atoms with van der Waals surface area (Å²) in [5.41, 5.74) is 5.20. The van der Waals surface area contributed by atoms with E-state index in [1.807, 2.05) is 59.5 Å². The molecule has 0 atom stereocenters. The van der Waals surface area contributed by atoms with Crippen molar-refractivity contribution in [2.75, 3.05) is 38.2 Å². The van der Waals surface area contributed by atoms with Gasteiger partial charge in [0, 0.05) is 31.7 Å². The normalized spacial score (nSPS) is 13.5. The lowest BCUT2D eigenvalue weighted by atomic mass is 10.0. The van der Waals surface area contributed by atoms with E-state index < -0.39 is 0 Å². The van der Waals surface area contributed by atoms with Crippen LogP contribution in [0.15, 0.2) is 91.0 Å². The summed E-state index contributed by atoms with van der Waals surface area (Å²) in [6, 6.07) is 30.3. The van der Waals surface area contributed by atoms with E-state index >= 15 is 0 Å². The fourth-order valence-corrected chi connectivity index (χ4v) is 4.33. The van der Waals surface area contributed by atoms with Gasteiger partial charge in [-0.3, -0.25) is 4.79 Å². The maximum atomic E-state index is 12.9. The number of hydrogen-bond donors (Lipinski definition) is 0. The highest BCUT2D eigenvalue weighted by Crippen LogP contribution is 2.23. The van der Waals surface area contributed by atoms with E-state index in [9.17, 15) is 4.79 Å². The zero-order valence-electron chi connectivity index (χ0n) is 19.8. The Hall–Kier alpha value is -4.19. The Bertz CT molecular complexity index is 1250. The quantitative estimate of drug-likeness (QED) is 0.414. The van der Waals surface area contributed by atoms with Gasteiger partial charge in [-0.25, -0.2) is 0 Å². The summed E-state index contributed by atoms with van der Waals surface area (Å²) in [4.78, 5) is 17.0. The third-order valence-corrected chi connectivity index (χ3v) is 6.41. The Morgan fingerprint density at radius 2 is 1.40 bits per heavy atom. The van der Waals surface area contributed by atoms with Crippen molar-refractivity contribution in [3.63, 3.8) is 0 Å². The number of ether oxygens (including phenoxy) is 1. The first-order chi connectivity index (χ1) is 17.2. The molecular weight excluding hydrogens is 436 g/mol. The van der Waals surface area contributed by atoms with Crippen LogP contribution in [0.2, 0.25) is 0 Å². The van der Waals surface area contributed by atoms with Crippen LogP contribution in [0.5, 0.6) is 5.75 Å². The smallest absolute Gasteiger partial charge is 0.227 e. The first kappa shape index (κ1) is 22.6. The van der Waals surface area contributed by atoms with Crippen molar-refractivity contribution in [1.29, 1.82) is 0 Å². The van der Waals surface area contributed by atoms with Crippen molar-refractivity contribution in [3.8, 4) is 28.1 Å². The van der Waals surface area contributed by atoms with E-state index in [1.165, 1.54) is 5.56 Å². The van der Waals surface area contributed by atoms with E-state index in [0.717, 1.165) is 47.0 Å². The molecule has 35 heavy (non-hydrogen) atoms. The summed E-state index contributed by atoms with van der Waals surface area (Å²) < 4.78 is 5.21. The van der Waals surface area contributed by atoms with Gasteiger partial charge in [-0.1, -0.05) is 54.6 Å². The van der Waals surface area contributed by atoms with Crippen molar-refractivity contribution in [1.82, 2.24) is 15.1 Å². The summed E-state index contributed by atoms with van der Waals surface area (Å²) in [5, 5.41) is 8.84. The molecule has 2 heterocycles. The highest BCUT2D eigenvalue weighted by Gasteiger charge is 2.22. The molecule has 1 aromatic heterocycles. The molecule has 4 aromatic rings. The molecule has 5 rings (SSSR count). The van der Waals surface area contributed by atoms with Crippen molar-refractivity contribution in [2.45, 2.75) is 6.42 Å². The largest absolute Gasteiger partial charge is 0.497 e. The highest BCUT2D eigenvalue weighted by molar-refractivity contribution is 5.79. The number of hydrogen-bond acceptors (Lipinski definition) is 5. The molecule has 6 heteroatoms. The van der Waals surface area contributed by atoms with E-state index in [2.05, 4.69) is 51.5 Å². The zero-order chi connectivity index (χ0) is 24.0. The first-order valence-corrected chi connectivity index (χ1v) is 11.8. The molecule has 0 spiro atoms. The average molecular weight is 465 g/mol. The molecule has 0 saturated carbocycles. The summed E-state index contributed by atoms with van der Waals surface area (Å²) in [6.07, 6.45) is 0.422. The predicted molar refractivity (Wildman–Crippen MR) is 138 cm³/mol. The number of anilines is 1. The lowest BCUT2D eigenvalue weighted by molar-refractivity contribution is -0.130. The molecule has 1 aliphatic rings. The van der Waals surface area contributed by atoms with Crippen LogP contribution in [-0.4, -0.2) is 54.3 Å². The summed E-state index contributed by atoms with van der Waals surface area (Å²) >= 11 is 0. The summed E-state index contributed by atoms with van der Waals surface area (Å²) in [5.74, 6) is 1.82. The molecule has 0 N–H and O–H groups in total. The number of piperazine rings is 1. The Morgan fingerprint density at radius 3 is 2.03 bits per heavy atom. The fraction of sp³-hybridized carbons (Fsp3) is 0.207. The molecule has 0 radical (unpaired) electrons. The topological polar surface area (TPSA) is 58.6 Å². The highest BCUT2D eigenvalue weighted by atomic mass is 16.5. The molecule has 1 amide bonds. The number of carbonyl (C=O) groups is 1. The predicted octanol–water partition coefficient (Wildman–Crippen LogP) is 4.71. The SMILES string of the molecule is COc1ccc(-c2ccc(N3CCN(C(=O)Cc4ccc(-c5ccccc5)cc4)CC3)nn2)cc1. The van der Waals surface area contributed by atoms with Crippen LogP contribution in [0.3, 0.4) is 0 Å². The van der Waals surface area contributed by atoms with E-state index in [1.54, 1.807) is 7.11 Å². The molecule has 6 nitrogen and oxygen atoms in total. The van der Waals surface area contributed by atoms with Gasteiger partial charge < -0.3 is 14.5 Å². The van der Waals surface area contributed by atoms with Gasteiger partial charge in [0.05, 0.1) is 19.2 Å². The van der Waals surface area contributed by atoms with Crippen molar-refractivity contribution < 1.29 is 9.53 Å². The van der Waals surface area contributed by atoms with Gasteiger partial charge in [-0.15, -0.1) is 10.2 Å². The van der Waals surface area contributed by atoms with Crippen molar-refractivity contribution in [2.24, 2.45) is 0 Å². The van der Waals surface area contributed by atoms with Crippen LogP contribution >= 0.6 is 0 Å². The van der Waals surface area contributed by atoms with E-state index in [0.29, 0.717) is 19.5 Å². The lowest BCUT2D eigenvalue weighted by Gasteiger charge is -2.35. The monoisotopic (exact) mass is 464 g/mol. The Kier molecular flexibility index (Phi) is 6.70. The first-order valence-electron chi connectivity index (χ1n) is 11.8. The van der Waals surface area contributed by atoms with Gasteiger partial charge >= 0.3 is 0 Å². The molecule has 176 valence electrons. The van der Waals surface area contributed by atoms with E-state index in [-0.39, 0.29) is 5.91 Å². The van der Waals surface area contributed by atoms with Crippen molar-refractivity contribution in [3.05, 3.63) is 96.6 Å². The van der Waals surface area contributed by atoms with Crippen LogP contribution in [0.25, 0.3) is 22.4 Å². The number of benzene rings is 3. The molecule has 1 aliphatic heterocycles. The number of aromatic nitrogens is 2. The van der Waals surface area contributed by atoms with Gasteiger partial charge in [0.25, 0.3) is 0 Å². The van der Waals surface area contributed by atoms with Crippen LogP contribution in [0.1, 0.15) is 5.56 Å². The molecule has 0 unspecified atom stereocenters. The second kappa shape index (κ2) is 10.4. The standard InChI is InChI=1S/C29H28N4O2/c1-35-26-13-11-25(12-14-26)27-15-16-28(31-30-27)32-17-19-33(20-18-32)29(34)21-22-7-9-24(10-8-22)23-5-3-2-4-6-23/h2-16H,17-21H2,1H3. The maximum absolute atomic E-state index is 12.9. The zero-order valence-corrected chi connectivity index (χ0v) is 19.8. The molecule has 0 aliphatic carbocycles. The van der Waals surface area contributed by atoms with Gasteiger partial charge in [-0.05, 0) is 53.1 Å². The van der Waals surface area contributed by atoms with Crippen LogP contribution in [0.4, 0.5) is 5.82 Å². The minimum absolute atomic E-state index is 0.165. The number of carbonyl (C=O) groups excluding carboxylic acids is 1. The van der Waals surface area contributed by atoms with Gasteiger partial charge in [0.2, 0.25) is 5.91 Å². The van der Waals surface area contributed by atoms with Gasteiger partial charge in [-0.2, -0.15) is 0 Å². The molecular formula is C29H28N4O2. The Balaban J connectivity index is 1.14. The Labute approximate surface area is 205 Å².